The highest BCUT2D eigenvalue weighted by molar-refractivity contribution is 7.92. The highest BCUT2D eigenvalue weighted by Crippen LogP contribution is 2.23. The number of hydrogen-bond donors (Lipinski definition) is 1. The van der Waals surface area contributed by atoms with E-state index in [4.69, 9.17) is 4.74 Å². The summed E-state index contributed by atoms with van der Waals surface area (Å²) in [6.07, 6.45) is 1.04. The lowest BCUT2D eigenvalue weighted by Gasteiger charge is -2.22. The highest BCUT2D eigenvalue weighted by Gasteiger charge is 2.19. The highest BCUT2D eigenvalue weighted by atomic mass is 32.2. The molecule has 0 aliphatic rings. The van der Waals surface area contributed by atoms with Crippen molar-refractivity contribution >= 4 is 33.1 Å². The first-order chi connectivity index (χ1) is 12.7. The molecule has 0 heterocycles. The SMILES string of the molecule is COc1cccc(N(CCC(=O)Nc2cccc(C(C)=O)c2)S(C)(=O)=O)c1. The minimum atomic E-state index is -3.58. The van der Waals surface area contributed by atoms with E-state index >= 15 is 0 Å². The predicted molar refractivity (Wildman–Crippen MR) is 105 cm³/mol. The van der Waals surface area contributed by atoms with Gasteiger partial charge in [-0.2, -0.15) is 0 Å². The lowest BCUT2D eigenvalue weighted by molar-refractivity contribution is -0.116. The van der Waals surface area contributed by atoms with E-state index in [0.717, 1.165) is 10.6 Å². The Kier molecular flexibility index (Phi) is 6.57. The van der Waals surface area contributed by atoms with Crippen LogP contribution in [0.2, 0.25) is 0 Å². The van der Waals surface area contributed by atoms with Gasteiger partial charge in [0.2, 0.25) is 15.9 Å². The van der Waals surface area contributed by atoms with E-state index in [9.17, 15) is 18.0 Å². The normalized spacial score (nSPS) is 10.9. The fourth-order valence-corrected chi connectivity index (χ4v) is 3.41. The van der Waals surface area contributed by atoms with Crippen LogP contribution in [0.15, 0.2) is 48.5 Å². The molecule has 0 atom stereocenters. The molecule has 0 saturated carbocycles. The monoisotopic (exact) mass is 390 g/mol. The Bertz CT molecular complexity index is 941. The molecule has 0 aliphatic carbocycles. The minimum absolute atomic E-state index is 0.0236. The van der Waals surface area contributed by atoms with Crippen molar-refractivity contribution in [2.24, 2.45) is 0 Å². The molecule has 1 N–H and O–H groups in total. The minimum Gasteiger partial charge on any atom is -0.497 e. The van der Waals surface area contributed by atoms with Crippen LogP contribution in [-0.2, 0) is 14.8 Å². The van der Waals surface area contributed by atoms with Crippen LogP contribution in [0.5, 0.6) is 5.75 Å². The molecule has 0 aliphatic heterocycles. The Labute approximate surface area is 159 Å². The van der Waals surface area contributed by atoms with Crippen molar-refractivity contribution in [3.05, 3.63) is 54.1 Å². The number of sulfonamides is 1. The topological polar surface area (TPSA) is 92.8 Å². The molecule has 8 heteroatoms. The summed E-state index contributed by atoms with van der Waals surface area (Å²) >= 11 is 0. The van der Waals surface area contributed by atoms with Crippen LogP contribution in [0, 0.1) is 0 Å². The van der Waals surface area contributed by atoms with Gasteiger partial charge in [0.15, 0.2) is 5.78 Å². The van der Waals surface area contributed by atoms with Gasteiger partial charge in [0.05, 0.1) is 19.1 Å². The van der Waals surface area contributed by atoms with E-state index in [-0.39, 0.29) is 24.7 Å². The maximum atomic E-state index is 12.2. The van der Waals surface area contributed by atoms with Crippen molar-refractivity contribution in [3.63, 3.8) is 0 Å². The standard InChI is InChI=1S/C19H22N2O5S/c1-14(22)15-6-4-7-16(12-15)20-19(23)10-11-21(27(3,24)25)17-8-5-9-18(13-17)26-2/h4-9,12-13H,10-11H2,1-3H3,(H,20,23). The van der Waals surface area contributed by atoms with Gasteiger partial charge in [-0.3, -0.25) is 13.9 Å². The number of ketones is 1. The first kappa shape index (κ1) is 20.4. The number of methoxy groups -OCH3 is 1. The van der Waals surface area contributed by atoms with E-state index in [0.29, 0.717) is 22.7 Å². The van der Waals surface area contributed by atoms with Crippen molar-refractivity contribution in [3.8, 4) is 5.75 Å². The van der Waals surface area contributed by atoms with Crippen LogP contribution < -0.4 is 14.4 Å². The van der Waals surface area contributed by atoms with E-state index in [1.54, 1.807) is 48.5 Å². The van der Waals surface area contributed by atoms with E-state index in [2.05, 4.69) is 5.32 Å². The van der Waals surface area contributed by atoms with E-state index in [1.807, 2.05) is 0 Å². The summed E-state index contributed by atoms with van der Waals surface area (Å²) in [5.41, 5.74) is 1.39. The third kappa shape index (κ3) is 5.82. The molecule has 0 fully saturated rings. The van der Waals surface area contributed by atoms with Crippen LogP contribution in [0.4, 0.5) is 11.4 Å². The maximum absolute atomic E-state index is 12.2. The molecule has 2 aromatic carbocycles. The molecule has 7 nitrogen and oxygen atoms in total. The zero-order valence-corrected chi connectivity index (χ0v) is 16.2. The third-order valence-corrected chi connectivity index (χ3v) is 5.03. The fourth-order valence-electron chi connectivity index (χ4n) is 2.49. The molecule has 0 unspecified atom stereocenters. The fraction of sp³-hybridized carbons (Fsp3) is 0.263. The average Bonchev–Trinajstić information content (AvgIpc) is 2.61. The van der Waals surface area contributed by atoms with Crippen LogP contribution in [0.1, 0.15) is 23.7 Å². The number of carbonyl (C=O) groups is 2. The smallest absolute Gasteiger partial charge is 0.232 e. The summed E-state index contributed by atoms with van der Waals surface area (Å²) in [5.74, 6) is 0.0614. The lowest BCUT2D eigenvalue weighted by atomic mass is 10.1. The van der Waals surface area contributed by atoms with Crippen LogP contribution >= 0.6 is 0 Å². The Hall–Kier alpha value is -2.87. The van der Waals surface area contributed by atoms with Gasteiger partial charge in [0, 0.05) is 30.3 Å². The number of hydrogen-bond acceptors (Lipinski definition) is 5. The second-order valence-corrected chi connectivity index (χ2v) is 7.88. The van der Waals surface area contributed by atoms with Crippen molar-refractivity contribution in [1.29, 1.82) is 0 Å². The van der Waals surface area contributed by atoms with E-state index in [1.165, 1.54) is 14.0 Å². The zero-order chi connectivity index (χ0) is 20.0. The van der Waals surface area contributed by atoms with E-state index < -0.39 is 10.0 Å². The molecule has 2 aromatic rings. The zero-order valence-electron chi connectivity index (χ0n) is 15.4. The molecule has 0 aromatic heterocycles. The first-order valence-electron chi connectivity index (χ1n) is 8.23. The molecule has 2 rings (SSSR count). The number of ether oxygens (including phenoxy) is 1. The number of Topliss-reactive ketones (excluding diaryl/α,β-unsaturated/α-hetero) is 1. The average molecular weight is 390 g/mol. The summed E-state index contributed by atoms with van der Waals surface area (Å²) in [5, 5.41) is 2.68. The van der Waals surface area contributed by atoms with Gasteiger partial charge in [0.1, 0.15) is 5.75 Å². The number of carbonyl (C=O) groups excluding carboxylic acids is 2. The van der Waals surface area contributed by atoms with Crippen LogP contribution in [-0.4, -0.2) is 40.0 Å². The largest absolute Gasteiger partial charge is 0.497 e. The molecular weight excluding hydrogens is 368 g/mol. The van der Waals surface area contributed by atoms with Gasteiger partial charge >= 0.3 is 0 Å². The van der Waals surface area contributed by atoms with Gasteiger partial charge in [0.25, 0.3) is 0 Å². The van der Waals surface area contributed by atoms with Gasteiger partial charge in [-0.05, 0) is 31.2 Å². The Morgan fingerprint density at radius 1 is 1.11 bits per heavy atom. The molecule has 27 heavy (non-hydrogen) atoms. The van der Waals surface area contributed by atoms with Gasteiger partial charge < -0.3 is 10.1 Å². The van der Waals surface area contributed by atoms with Crippen molar-refractivity contribution < 1.29 is 22.7 Å². The second kappa shape index (κ2) is 8.68. The van der Waals surface area contributed by atoms with Crippen molar-refractivity contribution in [2.75, 3.05) is 29.5 Å². The summed E-state index contributed by atoms with van der Waals surface area (Å²) in [6, 6.07) is 13.2. The summed E-state index contributed by atoms with van der Waals surface area (Å²) in [7, 11) is -2.08. The Morgan fingerprint density at radius 2 is 1.81 bits per heavy atom. The Morgan fingerprint density at radius 3 is 2.44 bits per heavy atom. The Balaban J connectivity index is 2.09. The maximum Gasteiger partial charge on any atom is 0.232 e. The van der Waals surface area contributed by atoms with Crippen LogP contribution in [0.3, 0.4) is 0 Å². The number of nitrogens with zero attached hydrogens (tertiary/aromatic N) is 1. The second-order valence-electron chi connectivity index (χ2n) is 5.97. The lowest BCUT2D eigenvalue weighted by Crippen LogP contribution is -2.33. The van der Waals surface area contributed by atoms with Gasteiger partial charge in [-0.15, -0.1) is 0 Å². The van der Waals surface area contributed by atoms with Crippen LogP contribution in [0.25, 0.3) is 0 Å². The van der Waals surface area contributed by atoms with Crippen molar-refractivity contribution in [1.82, 2.24) is 0 Å². The van der Waals surface area contributed by atoms with Crippen molar-refractivity contribution in [2.45, 2.75) is 13.3 Å². The molecule has 0 radical (unpaired) electrons. The summed E-state index contributed by atoms with van der Waals surface area (Å²) < 4.78 is 30.6. The number of nitrogens with one attached hydrogen (secondary N) is 1. The molecular formula is C19H22N2O5S. The molecule has 0 saturated heterocycles. The molecule has 1 amide bonds. The predicted octanol–water partition coefficient (Wildman–Crippen LogP) is 2.69. The molecule has 0 spiro atoms. The number of benzene rings is 2. The van der Waals surface area contributed by atoms with Gasteiger partial charge in [-0.1, -0.05) is 18.2 Å². The molecule has 144 valence electrons. The first-order valence-corrected chi connectivity index (χ1v) is 10.1. The van der Waals surface area contributed by atoms with Gasteiger partial charge in [-0.25, -0.2) is 8.42 Å². The third-order valence-electron chi connectivity index (χ3n) is 3.84. The quantitative estimate of drug-likeness (QED) is 0.700. The summed E-state index contributed by atoms with van der Waals surface area (Å²) in [4.78, 5) is 23.7. The number of amides is 1. The summed E-state index contributed by atoms with van der Waals surface area (Å²) in [6.45, 7) is 1.42. The number of rotatable bonds is 8. The molecule has 0 bridgehead atoms. The number of anilines is 2.